The van der Waals surface area contributed by atoms with Crippen molar-refractivity contribution in [1.29, 1.82) is 0 Å². The Kier molecular flexibility index (Phi) is 7.48. The van der Waals surface area contributed by atoms with Crippen LogP contribution in [0.2, 0.25) is 0 Å². The summed E-state index contributed by atoms with van der Waals surface area (Å²) in [7, 11) is 0. The van der Waals surface area contributed by atoms with Crippen LogP contribution in [-0.4, -0.2) is 12.4 Å². The van der Waals surface area contributed by atoms with E-state index >= 15 is 0 Å². The molecule has 0 aliphatic carbocycles. The first kappa shape index (κ1) is 29.4. The first-order chi connectivity index (χ1) is 24.7. The highest BCUT2D eigenvalue weighted by Gasteiger charge is 2.13. The molecule has 50 heavy (non-hydrogen) atoms. The summed E-state index contributed by atoms with van der Waals surface area (Å²) in [6.45, 7) is 0. The standard InChI is InChI=1S/C48H33N2/c1-3-7-33(8-4-1)34-11-13-35(14-12-34)36-15-17-37(18-16-36)46-26-24-43-31-41(23-25-47(43)48(46)50-45-9-5-2-6-10-45)39-19-20-40-30-42(22-21-38(40)29-39)44-27-28-49-32-44/h1-32,50H/q+1. The van der Waals surface area contributed by atoms with Gasteiger partial charge in [-0.25, -0.2) is 0 Å². The molecule has 0 radical (unpaired) electrons. The van der Waals surface area contributed by atoms with Gasteiger partial charge in [-0.1, -0.05) is 146 Å². The van der Waals surface area contributed by atoms with E-state index in [4.69, 9.17) is 0 Å². The highest BCUT2D eigenvalue weighted by molar-refractivity contribution is 6.18. The van der Waals surface area contributed by atoms with Crippen LogP contribution >= 0.6 is 0 Å². The van der Waals surface area contributed by atoms with Crippen molar-refractivity contribution >= 4 is 50.9 Å². The highest BCUT2D eigenvalue weighted by atomic mass is 14.9. The van der Waals surface area contributed by atoms with Gasteiger partial charge in [-0.2, -0.15) is 0 Å². The molecule has 0 atom stereocenters. The largest absolute Gasteiger partial charge is 0.355 e. The maximum atomic E-state index is 4.23. The van der Waals surface area contributed by atoms with Crippen LogP contribution in [0.15, 0.2) is 182 Å². The van der Waals surface area contributed by atoms with E-state index in [9.17, 15) is 0 Å². The Morgan fingerprint density at radius 1 is 0.380 bits per heavy atom. The van der Waals surface area contributed by atoms with Gasteiger partial charge in [-0.15, -0.1) is 4.67 Å². The lowest BCUT2D eigenvalue weighted by atomic mass is 9.93. The van der Waals surface area contributed by atoms with Gasteiger partial charge in [0, 0.05) is 22.7 Å². The Hall–Kier alpha value is -6.73. The summed E-state index contributed by atoms with van der Waals surface area (Å²) in [5.41, 5.74) is 14.1. The van der Waals surface area contributed by atoms with Gasteiger partial charge in [0.2, 0.25) is 0 Å². The molecule has 2 nitrogen and oxygen atoms in total. The van der Waals surface area contributed by atoms with Gasteiger partial charge in [0.1, 0.15) is 0 Å². The summed E-state index contributed by atoms with van der Waals surface area (Å²) >= 11 is 0. The summed E-state index contributed by atoms with van der Waals surface area (Å²) in [5, 5.41) is 8.61. The molecule has 0 aromatic heterocycles. The van der Waals surface area contributed by atoms with E-state index in [2.05, 4.69) is 192 Å². The topological polar surface area (TPSA) is 26.1 Å². The van der Waals surface area contributed by atoms with Gasteiger partial charge in [0.15, 0.2) is 0 Å². The predicted molar refractivity (Wildman–Crippen MR) is 215 cm³/mol. The predicted octanol–water partition coefficient (Wildman–Crippen LogP) is 12.0. The third-order valence-corrected chi connectivity index (χ3v) is 9.64. The van der Waals surface area contributed by atoms with Crippen LogP contribution in [0.5, 0.6) is 0 Å². The van der Waals surface area contributed by atoms with E-state index in [0.717, 1.165) is 16.9 Å². The van der Waals surface area contributed by atoms with Crippen LogP contribution in [0.1, 0.15) is 5.56 Å². The van der Waals surface area contributed by atoms with Crippen molar-refractivity contribution in [3.63, 3.8) is 0 Å². The van der Waals surface area contributed by atoms with Gasteiger partial charge in [-0.3, -0.25) is 0 Å². The molecule has 0 unspecified atom stereocenters. The van der Waals surface area contributed by atoms with Crippen molar-refractivity contribution in [3.8, 4) is 44.5 Å². The lowest BCUT2D eigenvalue weighted by molar-refractivity contribution is 1.55. The molecule has 0 fully saturated rings. The van der Waals surface area contributed by atoms with Crippen molar-refractivity contribution in [3.05, 3.63) is 188 Å². The number of para-hydroxylation sites is 1. The Morgan fingerprint density at radius 2 is 0.880 bits per heavy atom. The number of rotatable bonds is 7. The summed E-state index contributed by atoms with van der Waals surface area (Å²) in [6, 6.07) is 63.4. The molecule has 0 bridgehead atoms. The van der Waals surface area contributed by atoms with Gasteiger partial charge < -0.3 is 5.32 Å². The highest BCUT2D eigenvalue weighted by Crippen LogP contribution is 2.39. The van der Waals surface area contributed by atoms with Crippen molar-refractivity contribution < 1.29 is 0 Å². The van der Waals surface area contributed by atoms with Crippen LogP contribution in [0, 0.1) is 0 Å². The molecular weight excluding hydrogens is 605 g/mol. The fraction of sp³-hybridized carbons (Fsp3) is 0. The number of hydrogen-bond donors (Lipinski definition) is 1. The molecule has 0 spiro atoms. The minimum absolute atomic E-state index is 1.06. The van der Waals surface area contributed by atoms with Gasteiger partial charge in [0.05, 0.1) is 11.3 Å². The molecule has 234 valence electrons. The average molecular weight is 638 g/mol. The monoisotopic (exact) mass is 637 g/mol. The molecule has 8 aromatic carbocycles. The van der Waals surface area contributed by atoms with Crippen LogP contribution in [-0.2, 0) is 0 Å². The molecular formula is C48H33N2+. The first-order valence-corrected chi connectivity index (χ1v) is 17.0. The second-order valence-corrected chi connectivity index (χ2v) is 12.8. The second kappa shape index (κ2) is 12.7. The molecule has 0 saturated heterocycles. The molecule has 1 N–H and O–H groups in total. The van der Waals surface area contributed by atoms with E-state index in [0.29, 0.717) is 0 Å². The van der Waals surface area contributed by atoms with Crippen molar-refractivity contribution in [2.75, 3.05) is 5.32 Å². The van der Waals surface area contributed by atoms with Gasteiger partial charge in [-0.05, 0) is 91.0 Å². The normalized spacial score (nSPS) is 12.0. The average Bonchev–Trinajstić information content (AvgIpc) is 3.74. The summed E-state index contributed by atoms with van der Waals surface area (Å²) in [5.74, 6) is 0. The van der Waals surface area contributed by atoms with Crippen molar-refractivity contribution in [2.24, 2.45) is 0 Å². The van der Waals surface area contributed by atoms with E-state index in [1.165, 1.54) is 71.6 Å². The Balaban J connectivity index is 1.06. The molecule has 1 heterocycles. The first-order valence-electron chi connectivity index (χ1n) is 17.0. The second-order valence-electron chi connectivity index (χ2n) is 12.8. The van der Waals surface area contributed by atoms with Gasteiger partial charge in [0.25, 0.3) is 12.4 Å². The zero-order chi connectivity index (χ0) is 33.3. The third-order valence-electron chi connectivity index (χ3n) is 9.64. The number of anilines is 2. The molecule has 1 aliphatic rings. The van der Waals surface area contributed by atoms with Crippen molar-refractivity contribution in [1.82, 2.24) is 4.67 Å². The molecule has 0 saturated carbocycles. The third kappa shape index (κ3) is 5.71. The summed E-state index contributed by atoms with van der Waals surface area (Å²) < 4.78 is 4.23. The fourth-order valence-corrected chi connectivity index (χ4v) is 6.94. The molecule has 8 aromatic rings. The fourth-order valence-electron chi connectivity index (χ4n) is 6.94. The Labute approximate surface area is 292 Å². The smallest absolute Gasteiger partial charge is 0.300 e. The van der Waals surface area contributed by atoms with Crippen molar-refractivity contribution in [2.45, 2.75) is 0 Å². The SMILES string of the molecule is C1=[N+]=CC(c2ccc3cc(-c4ccc5c(Nc6ccccc6)c(-c6ccc(-c7ccc(-c8ccccc8)cc7)cc6)ccc5c4)ccc3c2)=C1. The molecule has 1 aliphatic heterocycles. The maximum Gasteiger partial charge on any atom is 0.300 e. The van der Waals surface area contributed by atoms with Crippen LogP contribution < -0.4 is 9.98 Å². The lowest BCUT2D eigenvalue weighted by Gasteiger charge is -2.17. The molecule has 0 amide bonds. The quantitative estimate of drug-likeness (QED) is 0.173. The number of fused-ring (bicyclic) bond motifs is 2. The minimum Gasteiger partial charge on any atom is -0.355 e. The van der Waals surface area contributed by atoms with Crippen LogP contribution in [0.4, 0.5) is 11.4 Å². The number of benzene rings is 8. The van der Waals surface area contributed by atoms with Gasteiger partial charge >= 0.3 is 0 Å². The number of nitrogens with one attached hydrogen (secondary N) is 1. The molecule has 9 rings (SSSR count). The number of nitrogens with zero attached hydrogens (tertiary/aromatic N) is 1. The number of allylic oxidation sites excluding steroid dienone is 2. The summed E-state index contributed by atoms with van der Waals surface area (Å²) in [4.78, 5) is 0. The number of hydrogen-bond acceptors (Lipinski definition) is 1. The Bertz CT molecular complexity index is 2610. The zero-order valence-corrected chi connectivity index (χ0v) is 27.4. The van der Waals surface area contributed by atoms with E-state index in [-0.39, 0.29) is 0 Å². The lowest BCUT2D eigenvalue weighted by Crippen LogP contribution is -1.95. The molecule has 2 heteroatoms. The van der Waals surface area contributed by atoms with E-state index in [1.54, 1.807) is 0 Å². The minimum atomic E-state index is 1.06. The van der Waals surface area contributed by atoms with Crippen LogP contribution in [0.25, 0.3) is 71.6 Å². The summed E-state index contributed by atoms with van der Waals surface area (Å²) in [6.07, 6.45) is 5.81. The Morgan fingerprint density at radius 3 is 1.52 bits per heavy atom. The van der Waals surface area contributed by atoms with Crippen LogP contribution in [0.3, 0.4) is 0 Å². The maximum absolute atomic E-state index is 4.23. The zero-order valence-electron chi connectivity index (χ0n) is 27.4. The van der Waals surface area contributed by atoms with E-state index in [1.807, 2.05) is 12.4 Å². The van der Waals surface area contributed by atoms with E-state index < -0.39 is 0 Å².